The predicted octanol–water partition coefficient (Wildman–Crippen LogP) is 2.18. The van der Waals surface area contributed by atoms with E-state index in [0.717, 1.165) is 30.5 Å². The molecule has 1 aromatic heterocycles. The molecule has 3 heterocycles. The molecule has 4 rings (SSSR count). The van der Waals surface area contributed by atoms with E-state index >= 15 is 0 Å². The van der Waals surface area contributed by atoms with Gasteiger partial charge in [-0.15, -0.1) is 0 Å². The average Bonchev–Trinajstić information content (AvgIpc) is 3.24. The fourth-order valence-electron chi connectivity index (χ4n) is 3.88. The maximum Gasteiger partial charge on any atom is 0.218 e. The van der Waals surface area contributed by atoms with Gasteiger partial charge in [0.05, 0.1) is 5.75 Å². The third-order valence-corrected chi connectivity index (χ3v) is 7.31. The van der Waals surface area contributed by atoms with Gasteiger partial charge in [-0.3, -0.25) is 0 Å². The Labute approximate surface area is 171 Å². The van der Waals surface area contributed by atoms with E-state index in [0.29, 0.717) is 31.7 Å². The van der Waals surface area contributed by atoms with Crippen LogP contribution in [0.1, 0.15) is 24.2 Å². The first-order chi connectivity index (χ1) is 13.9. The van der Waals surface area contributed by atoms with Crippen LogP contribution in [0.3, 0.4) is 0 Å². The fourth-order valence-corrected chi connectivity index (χ4v) is 5.40. The summed E-state index contributed by atoms with van der Waals surface area (Å²) < 4.78 is 40.1. The van der Waals surface area contributed by atoms with Crippen LogP contribution in [0.15, 0.2) is 30.3 Å². The molecule has 29 heavy (non-hydrogen) atoms. The molecular formula is C20H26FN5O2S. The van der Waals surface area contributed by atoms with Crippen molar-refractivity contribution in [3.8, 4) is 0 Å². The van der Waals surface area contributed by atoms with Crippen LogP contribution in [0.2, 0.25) is 0 Å². The summed E-state index contributed by atoms with van der Waals surface area (Å²) in [5, 5.41) is 0. The SMILES string of the molecule is Cc1nc(N2CCCC2)cc(N2CCN(S(=O)(=O)Cc3ccc(F)cc3)CC2)n1. The topological polar surface area (TPSA) is 69.6 Å². The van der Waals surface area contributed by atoms with Crippen LogP contribution >= 0.6 is 0 Å². The molecular weight excluding hydrogens is 393 g/mol. The van der Waals surface area contributed by atoms with Gasteiger partial charge in [0.25, 0.3) is 0 Å². The largest absolute Gasteiger partial charge is 0.356 e. The second kappa shape index (κ2) is 8.23. The summed E-state index contributed by atoms with van der Waals surface area (Å²) in [5.74, 6) is 2.06. The van der Waals surface area contributed by atoms with Crippen molar-refractivity contribution in [1.82, 2.24) is 14.3 Å². The number of rotatable bonds is 5. The van der Waals surface area contributed by atoms with Crippen molar-refractivity contribution in [3.63, 3.8) is 0 Å². The van der Waals surface area contributed by atoms with Gasteiger partial charge in [0.2, 0.25) is 10.0 Å². The molecule has 9 heteroatoms. The molecule has 0 unspecified atom stereocenters. The third kappa shape index (κ3) is 4.67. The molecule has 0 spiro atoms. The Morgan fingerprint density at radius 2 is 1.45 bits per heavy atom. The first-order valence-electron chi connectivity index (χ1n) is 9.98. The molecule has 0 radical (unpaired) electrons. The summed E-state index contributed by atoms with van der Waals surface area (Å²) in [7, 11) is -3.44. The van der Waals surface area contributed by atoms with E-state index < -0.39 is 10.0 Å². The lowest BCUT2D eigenvalue weighted by Gasteiger charge is -2.35. The summed E-state index contributed by atoms with van der Waals surface area (Å²) >= 11 is 0. The predicted molar refractivity (Wildman–Crippen MR) is 111 cm³/mol. The highest BCUT2D eigenvalue weighted by atomic mass is 32.2. The molecule has 0 N–H and O–H groups in total. The summed E-state index contributed by atoms with van der Waals surface area (Å²) in [4.78, 5) is 13.6. The summed E-state index contributed by atoms with van der Waals surface area (Å²) in [6.45, 7) is 5.91. The number of piperazine rings is 1. The number of aryl methyl sites for hydroxylation is 1. The minimum absolute atomic E-state index is 0.112. The van der Waals surface area contributed by atoms with Crippen molar-refractivity contribution in [3.05, 3.63) is 47.5 Å². The number of anilines is 2. The molecule has 0 atom stereocenters. The van der Waals surface area contributed by atoms with Gasteiger partial charge < -0.3 is 9.80 Å². The molecule has 0 aliphatic carbocycles. The number of hydrogen-bond donors (Lipinski definition) is 0. The van der Waals surface area contributed by atoms with Gasteiger partial charge in [0.1, 0.15) is 23.3 Å². The second-order valence-electron chi connectivity index (χ2n) is 7.59. The lowest BCUT2D eigenvalue weighted by molar-refractivity contribution is 0.383. The molecule has 2 aliphatic heterocycles. The molecule has 2 fully saturated rings. The summed E-state index contributed by atoms with van der Waals surface area (Å²) in [6.07, 6.45) is 2.37. The second-order valence-corrected chi connectivity index (χ2v) is 9.56. The molecule has 1 aromatic carbocycles. The number of halogens is 1. The van der Waals surface area contributed by atoms with Gasteiger partial charge in [-0.25, -0.2) is 22.8 Å². The van der Waals surface area contributed by atoms with Crippen molar-refractivity contribution < 1.29 is 12.8 Å². The molecule has 2 saturated heterocycles. The Morgan fingerprint density at radius 3 is 2.03 bits per heavy atom. The van der Waals surface area contributed by atoms with Gasteiger partial charge >= 0.3 is 0 Å². The van der Waals surface area contributed by atoms with Gasteiger partial charge in [0.15, 0.2) is 0 Å². The van der Waals surface area contributed by atoms with E-state index in [1.54, 1.807) is 0 Å². The minimum Gasteiger partial charge on any atom is -0.356 e. The zero-order chi connectivity index (χ0) is 20.4. The van der Waals surface area contributed by atoms with E-state index in [9.17, 15) is 12.8 Å². The smallest absolute Gasteiger partial charge is 0.218 e. The number of aromatic nitrogens is 2. The van der Waals surface area contributed by atoms with E-state index in [1.165, 1.54) is 41.4 Å². The number of sulfonamides is 1. The van der Waals surface area contributed by atoms with Crippen molar-refractivity contribution in [2.24, 2.45) is 0 Å². The van der Waals surface area contributed by atoms with Crippen molar-refractivity contribution in [1.29, 1.82) is 0 Å². The van der Waals surface area contributed by atoms with Gasteiger partial charge in [-0.05, 0) is 37.5 Å². The van der Waals surface area contributed by atoms with Gasteiger partial charge in [-0.1, -0.05) is 12.1 Å². The van der Waals surface area contributed by atoms with Crippen molar-refractivity contribution >= 4 is 21.7 Å². The van der Waals surface area contributed by atoms with Crippen LogP contribution in [-0.4, -0.2) is 62.0 Å². The van der Waals surface area contributed by atoms with Gasteiger partial charge in [-0.2, -0.15) is 4.31 Å². The number of benzene rings is 1. The van der Waals surface area contributed by atoms with Crippen LogP contribution in [0.4, 0.5) is 16.0 Å². The maximum absolute atomic E-state index is 13.1. The van der Waals surface area contributed by atoms with Crippen LogP contribution in [0.5, 0.6) is 0 Å². The zero-order valence-corrected chi connectivity index (χ0v) is 17.4. The molecule has 2 aromatic rings. The Morgan fingerprint density at radius 1 is 0.897 bits per heavy atom. The maximum atomic E-state index is 13.1. The highest BCUT2D eigenvalue weighted by Crippen LogP contribution is 2.24. The quantitative estimate of drug-likeness (QED) is 0.740. The van der Waals surface area contributed by atoms with Gasteiger partial charge in [0, 0.05) is 45.3 Å². The van der Waals surface area contributed by atoms with Crippen molar-refractivity contribution in [2.75, 3.05) is 49.1 Å². The van der Waals surface area contributed by atoms with Crippen LogP contribution in [0.25, 0.3) is 0 Å². The van der Waals surface area contributed by atoms with E-state index in [4.69, 9.17) is 0 Å². The first kappa shape index (κ1) is 20.0. The highest BCUT2D eigenvalue weighted by Gasteiger charge is 2.28. The monoisotopic (exact) mass is 419 g/mol. The van der Waals surface area contributed by atoms with E-state index in [-0.39, 0.29) is 11.6 Å². The molecule has 7 nitrogen and oxygen atoms in total. The summed E-state index contributed by atoms with van der Waals surface area (Å²) in [5.41, 5.74) is 0.593. The number of hydrogen-bond acceptors (Lipinski definition) is 6. The minimum atomic E-state index is -3.44. The van der Waals surface area contributed by atoms with Crippen LogP contribution < -0.4 is 9.80 Å². The van der Waals surface area contributed by atoms with Crippen LogP contribution in [0, 0.1) is 12.7 Å². The van der Waals surface area contributed by atoms with Crippen LogP contribution in [-0.2, 0) is 15.8 Å². The fraction of sp³-hybridized carbons (Fsp3) is 0.500. The molecule has 0 amide bonds. The average molecular weight is 420 g/mol. The van der Waals surface area contributed by atoms with E-state index in [1.807, 2.05) is 13.0 Å². The van der Waals surface area contributed by atoms with E-state index in [2.05, 4.69) is 19.8 Å². The highest BCUT2D eigenvalue weighted by molar-refractivity contribution is 7.88. The lowest BCUT2D eigenvalue weighted by Crippen LogP contribution is -2.49. The summed E-state index contributed by atoms with van der Waals surface area (Å²) in [6, 6.07) is 7.64. The standard InChI is InChI=1S/C20H26FN5O2S/c1-16-22-19(24-8-2-3-9-24)14-20(23-16)25-10-12-26(13-11-25)29(27,28)15-17-4-6-18(21)7-5-17/h4-7,14H,2-3,8-13,15H2,1H3. The Balaban J connectivity index is 1.42. The Kier molecular flexibility index (Phi) is 5.69. The normalized spacial score (nSPS) is 18.4. The molecule has 0 saturated carbocycles. The molecule has 0 bridgehead atoms. The number of nitrogens with zero attached hydrogens (tertiary/aromatic N) is 5. The molecule has 2 aliphatic rings. The Bertz CT molecular complexity index is 953. The Hall–Kier alpha value is -2.26. The lowest BCUT2D eigenvalue weighted by atomic mass is 10.2. The first-order valence-corrected chi connectivity index (χ1v) is 11.6. The third-order valence-electron chi connectivity index (χ3n) is 5.46. The van der Waals surface area contributed by atoms with Crippen molar-refractivity contribution in [2.45, 2.75) is 25.5 Å². The molecule has 156 valence electrons. The zero-order valence-electron chi connectivity index (χ0n) is 16.6.